The highest BCUT2D eigenvalue weighted by Gasteiger charge is 2.29. The van der Waals surface area contributed by atoms with Gasteiger partial charge in [0.1, 0.15) is 12.4 Å². The van der Waals surface area contributed by atoms with Gasteiger partial charge in [0.25, 0.3) is 0 Å². The van der Waals surface area contributed by atoms with Crippen molar-refractivity contribution < 1.29 is 22.6 Å². The van der Waals surface area contributed by atoms with E-state index in [2.05, 4.69) is 0 Å². The molecule has 0 bridgehead atoms. The van der Waals surface area contributed by atoms with Crippen molar-refractivity contribution in [3.63, 3.8) is 0 Å². The standard InChI is InChI=1S/C16H15F3O2/c1-20-10-11-21-15-8-4-13(5-9-15)12-2-6-14(7-3-12)16(17,18)19/h2-9H,10-11H2,1H3. The van der Waals surface area contributed by atoms with Gasteiger partial charge in [-0.1, -0.05) is 24.3 Å². The minimum absolute atomic E-state index is 0.454. The second-order valence-corrected chi connectivity index (χ2v) is 4.44. The molecule has 0 saturated carbocycles. The summed E-state index contributed by atoms with van der Waals surface area (Å²) in [6.45, 7) is 0.955. The van der Waals surface area contributed by atoms with E-state index < -0.39 is 11.7 Å². The lowest BCUT2D eigenvalue weighted by molar-refractivity contribution is -0.137. The van der Waals surface area contributed by atoms with E-state index in [1.165, 1.54) is 12.1 Å². The number of alkyl halides is 3. The van der Waals surface area contributed by atoms with Gasteiger partial charge in [0.05, 0.1) is 12.2 Å². The third-order valence-electron chi connectivity index (χ3n) is 2.96. The second-order valence-electron chi connectivity index (χ2n) is 4.44. The average molecular weight is 296 g/mol. The highest BCUT2D eigenvalue weighted by atomic mass is 19.4. The Labute approximate surface area is 121 Å². The molecule has 2 aromatic carbocycles. The maximum atomic E-state index is 12.5. The smallest absolute Gasteiger partial charge is 0.416 e. The molecule has 0 amide bonds. The maximum Gasteiger partial charge on any atom is 0.416 e. The van der Waals surface area contributed by atoms with Crippen molar-refractivity contribution in [2.24, 2.45) is 0 Å². The summed E-state index contributed by atoms with van der Waals surface area (Å²) in [6.07, 6.45) is -4.31. The number of rotatable bonds is 5. The van der Waals surface area contributed by atoms with Gasteiger partial charge in [0, 0.05) is 7.11 Å². The van der Waals surface area contributed by atoms with Gasteiger partial charge in [0.2, 0.25) is 0 Å². The lowest BCUT2D eigenvalue weighted by Gasteiger charge is -2.09. The number of benzene rings is 2. The number of hydrogen-bond donors (Lipinski definition) is 0. The summed E-state index contributed by atoms with van der Waals surface area (Å²) in [5.41, 5.74) is 0.917. The van der Waals surface area contributed by atoms with E-state index in [1.54, 1.807) is 19.2 Å². The lowest BCUT2D eigenvalue weighted by atomic mass is 10.0. The van der Waals surface area contributed by atoms with Crippen LogP contribution in [-0.2, 0) is 10.9 Å². The quantitative estimate of drug-likeness (QED) is 0.761. The molecule has 0 aliphatic carbocycles. The molecule has 0 aliphatic rings. The minimum Gasteiger partial charge on any atom is -0.491 e. The molecule has 0 heterocycles. The fraction of sp³-hybridized carbons (Fsp3) is 0.250. The van der Waals surface area contributed by atoms with Crippen LogP contribution in [0, 0.1) is 0 Å². The molecule has 0 unspecified atom stereocenters. The van der Waals surface area contributed by atoms with Crippen molar-refractivity contribution in [2.75, 3.05) is 20.3 Å². The first kappa shape index (κ1) is 15.4. The monoisotopic (exact) mass is 296 g/mol. The zero-order valence-corrected chi connectivity index (χ0v) is 11.5. The van der Waals surface area contributed by atoms with Gasteiger partial charge < -0.3 is 9.47 Å². The fourth-order valence-electron chi connectivity index (χ4n) is 1.84. The van der Waals surface area contributed by atoms with E-state index in [9.17, 15) is 13.2 Å². The molecule has 0 saturated heterocycles. The van der Waals surface area contributed by atoms with Gasteiger partial charge in [-0.15, -0.1) is 0 Å². The summed E-state index contributed by atoms with van der Waals surface area (Å²) in [5.74, 6) is 0.697. The van der Waals surface area contributed by atoms with Gasteiger partial charge in [-0.2, -0.15) is 13.2 Å². The summed E-state index contributed by atoms with van der Waals surface area (Å²) >= 11 is 0. The molecule has 2 aromatic rings. The van der Waals surface area contributed by atoms with Crippen LogP contribution in [0.25, 0.3) is 11.1 Å². The fourth-order valence-corrected chi connectivity index (χ4v) is 1.84. The van der Waals surface area contributed by atoms with E-state index in [4.69, 9.17) is 9.47 Å². The van der Waals surface area contributed by atoms with Crippen LogP contribution in [0.4, 0.5) is 13.2 Å². The Bertz CT molecular complexity index is 560. The van der Waals surface area contributed by atoms with Crippen molar-refractivity contribution in [1.82, 2.24) is 0 Å². The molecule has 0 fully saturated rings. The van der Waals surface area contributed by atoms with Crippen LogP contribution >= 0.6 is 0 Å². The predicted octanol–water partition coefficient (Wildman–Crippen LogP) is 4.40. The Kier molecular flexibility index (Phi) is 4.85. The summed E-state index contributed by atoms with van der Waals surface area (Å²) in [5, 5.41) is 0. The largest absolute Gasteiger partial charge is 0.491 e. The molecule has 5 heteroatoms. The third kappa shape index (κ3) is 4.23. The van der Waals surface area contributed by atoms with E-state index >= 15 is 0 Å². The Morgan fingerprint density at radius 3 is 1.81 bits per heavy atom. The Morgan fingerprint density at radius 1 is 0.810 bits per heavy atom. The molecule has 0 aromatic heterocycles. The molecular weight excluding hydrogens is 281 g/mol. The van der Waals surface area contributed by atoms with Crippen LogP contribution in [-0.4, -0.2) is 20.3 Å². The first-order valence-electron chi connectivity index (χ1n) is 6.40. The van der Waals surface area contributed by atoms with Crippen molar-refractivity contribution in [1.29, 1.82) is 0 Å². The molecule has 0 atom stereocenters. The lowest BCUT2D eigenvalue weighted by Crippen LogP contribution is -2.04. The SMILES string of the molecule is COCCOc1ccc(-c2ccc(C(F)(F)F)cc2)cc1. The molecule has 0 radical (unpaired) electrons. The van der Waals surface area contributed by atoms with Gasteiger partial charge in [-0.05, 0) is 35.4 Å². The van der Waals surface area contributed by atoms with Gasteiger partial charge in [-0.25, -0.2) is 0 Å². The third-order valence-corrected chi connectivity index (χ3v) is 2.96. The topological polar surface area (TPSA) is 18.5 Å². The van der Waals surface area contributed by atoms with Crippen LogP contribution in [0.3, 0.4) is 0 Å². The number of hydrogen-bond acceptors (Lipinski definition) is 2. The van der Waals surface area contributed by atoms with E-state index in [0.29, 0.717) is 19.0 Å². The van der Waals surface area contributed by atoms with Crippen molar-refractivity contribution in [2.45, 2.75) is 6.18 Å². The molecule has 2 nitrogen and oxygen atoms in total. The van der Waals surface area contributed by atoms with Gasteiger partial charge in [0.15, 0.2) is 0 Å². The van der Waals surface area contributed by atoms with Crippen LogP contribution in [0.15, 0.2) is 48.5 Å². The Morgan fingerprint density at radius 2 is 1.33 bits per heavy atom. The van der Waals surface area contributed by atoms with Crippen molar-refractivity contribution in [3.05, 3.63) is 54.1 Å². The van der Waals surface area contributed by atoms with E-state index in [0.717, 1.165) is 23.3 Å². The van der Waals surface area contributed by atoms with E-state index in [-0.39, 0.29) is 0 Å². The molecule has 2 rings (SSSR count). The molecule has 0 aliphatic heterocycles. The predicted molar refractivity (Wildman–Crippen MR) is 74.3 cm³/mol. The summed E-state index contributed by atoms with van der Waals surface area (Å²) in [6, 6.07) is 12.3. The van der Waals surface area contributed by atoms with Crippen LogP contribution in [0.5, 0.6) is 5.75 Å². The van der Waals surface area contributed by atoms with E-state index in [1.807, 2.05) is 12.1 Å². The van der Waals surface area contributed by atoms with Gasteiger partial charge >= 0.3 is 6.18 Å². The Hall–Kier alpha value is -2.01. The second kappa shape index (κ2) is 6.63. The highest BCUT2D eigenvalue weighted by Crippen LogP contribution is 2.31. The summed E-state index contributed by atoms with van der Waals surface area (Å²) in [7, 11) is 1.59. The first-order chi connectivity index (χ1) is 10.0. The molecule has 0 spiro atoms. The summed E-state index contributed by atoms with van der Waals surface area (Å²) in [4.78, 5) is 0. The average Bonchev–Trinajstić information content (AvgIpc) is 2.48. The maximum absolute atomic E-state index is 12.5. The Balaban J connectivity index is 2.08. The van der Waals surface area contributed by atoms with Gasteiger partial charge in [-0.3, -0.25) is 0 Å². The highest BCUT2D eigenvalue weighted by molar-refractivity contribution is 5.64. The molecule has 112 valence electrons. The minimum atomic E-state index is -4.31. The van der Waals surface area contributed by atoms with Crippen molar-refractivity contribution in [3.8, 4) is 16.9 Å². The number of methoxy groups -OCH3 is 1. The normalized spacial score (nSPS) is 11.4. The molecule has 0 N–H and O–H groups in total. The zero-order chi connectivity index (χ0) is 15.3. The molecular formula is C16H15F3O2. The number of ether oxygens (including phenoxy) is 2. The van der Waals surface area contributed by atoms with Crippen LogP contribution in [0.1, 0.15) is 5.56 Å². The van der Waals surface area contributed by atoms with Crippen LogP contribution < -0.4 is 4.74 Å². The number of halogens is 3. The summed E-state index contributed by atoms with van der Waals surface area (Å²) < 4.78 is 47.8. The molecule has 21 heavy (non-hydrogen) atoms. The van der Waals surface area contributed by atoms with Crippen molar-refractivity contribution >= 4 is 0 Å². The van der Waals surface area contributed by atoms with Crippen LogP contribution in [0.2, 0.25) is 0 Å². The zero-order valence-electron chi connectivity index (χ0n) is 11.5. The first-order valence-corrected chi connectivity index (χ1v) is 6.40.